The number of alkyl halides is 3. The van der Waals surface area contributed by atoms with Crippen LogP contribution >= 0.6 is 0 Å². The van der Waals surface area contributed by atoms with E-state index in [1.165, 1.54) is 42.1 Å². The van der Waals surface area contributed by atoms with Gasteiger partial charge in [0.1, 0.15) is 11.9 Å². The second-order valence-electron chi connectivity index (χ2n) is 4.89. The first kappa shape index (κ1) is 16.9. The van der Waals surface area contributed by atoms with Crippen molar-refractivity contribution in [2.45, 2.75) is 19.1 Å². The molecule has 0 saturated carbocycles. The number of carbonyl (C=O) groups excluding carboxylic acids is 1. The van der Waals surface area contributed by atoms with E-state index in [4.69, 9.17) is 5.73 Å². The summed E-state index contributed by atoms with van der Waals surface area (Å²) in [5.74, 6) is -1.41. The van der Waals surface area contributed by atoms with Gasteiger partial charge in [-0.1, -0.05) is 0 Å². The summed E-state index contributed by atoms with van der Waals surface area (Å²) in [6.45, 7) is 0.764. The van der Waals surface area contributed by atoms with Crippen LogP contribution in [0.15, 0.2) is 30.5 Å². The van der Waals surface area contributed by atoms with E-state index in [1.807, 2.05) is 5.32 Å². The minimum Gasteiger partial charge on any atom is -0.338 e. The number of amides is 1. The van der Waals surface area contributed by atoms with Gasteiger partial charge in [0.2, 0.25) is 0 Å². The fourth-order valence-electron chi connectivity index (χ4n) is 1.91. The molecule has 2 rings (SSSR count). The molecular weight excluding hydrogens is 316 g/mol. The molecule has 1 aromatic heterocycles. The average molecular weight is 330 g/mol. The molecule has 3 N–H and O–H groups in total. The highest BCUT2D eigenvalue weighted by Gasteiger charge is 2.40. The predicted molar refractivity (Wildman–Crippen MR) is 74.6 cm³/mol. The number of hydrogen-bond donors (Lipinski definition) is 2. The van der Waals surface area contributed by atoms with E-state index in [0.717, 1.165) is 0 Å². The van der Waals surface area contributed by atoms with Crippen molar-refractivity contribution >= 4 is 5.91 Å². The molecule has 1 aromatic carbocycles. The van der Waals surface area contributed by atoms with Crippen LogP contribution in [0.3, 0.4) is 0 Å². The van der Waals surface area contributed by atoms with Crippen molar-refractivity contribution in [3.63, 3.8) is 0 Å². The molecule has 9 heteroatoms. The van der Waals surface area contributed by atoms with Crippen LogP contribution in [0.4, 0.5) is 17.6 Å². The number of carbonyl (C=O) groups is 1. The molecule has 0 spiro atoms. The Morgan fingerprint density at radius 2 is 1.96 bits per heavy atom. The quantitative estimate of drug-likeness (QED) is 0.842. The van der Waals surface area contributed by atoms with Gasteiger partial charge in [0.25, 0.3) is 5.91 Å². The van der Waals surface area contributed by atoms with Crippen molar-refractivity contribution in [3.8, 4) is 5.69 Å². The lowest BCUT2D eigenvalue weighted by molar-refractivity contribution is -0.150. The van der Waals surface area contributed by atoms with E-state index >= 15 is 0 Å². The minimum absolute atomic E-state index is 0.156. The lowest BCUT2D eigenvalue weighted by atomic mass is 10.2. The van der Waals surface area contributed by atoms with Gasteiger partial charge in [-0.15, -0.1) is 0 Å². The van der Waals surface area contributed by atoms with Gasteiger partial charge >= 0.3 is 6.18 Å². The molecule has 0 aliphatic carbocycles. The zero-order valence-corrected chi connectivity index (χ0v) is 12.1. The fourth-order valence-corrected chi connectivity index (χ4v) is 1.91. The third kappa shape index (κ3) is 3.86. The van der Waals surface area contributed by atoms with E-state index < -0.39 is 30.5 Å². The van der Waals surface area contributed by atoms with Crippen LogP contribution in [0.5, 0.6) is 0 Å². The van der Waals surface area contributed by atoms with E-state index in [1.54, 1.807) is 0 Å². The highest BCUT2D eigenvalue weighted by Crippen LogP contribution is 2.20. The van der Waals surface area contributed by atoms with Crippen LogP contribution in [0.1, 0.15) is 16.1 Å². The summed E-state index contributed by atoms with van der Waals surface area (Å²) in [5, 5.41) is 5.77. The molecule has 0 fully saturated rings. The number of aromatic nitrogens is 2. The Bertz CT molecular complexity index is 694. The fraction of sp³-hybridized carbons (Fsp3) is 0.286. The first-order chi connectivity index (χ1) is 10.7. The molecule has 5 nitrogen and oxygen atoms in total. The first-order valence-corrected chi connectivity index (χ1v) is 6.62. The number of benzene rings is 1. The monoisotopic (exact) mass is 330 g/mol. The molecule has 0 aliphatic heterocycles. The molecule has 2 aromatic rings. The summed E-state index contributed by atoms with van der Waals surface area (Å²) in [6, 6.07) is 3.13. The number of hydrogen-bond acceptors (Lipinski definition) is 3. The van der Waals surface area contributed by atoms with Gasteiger partial charge in [-0.3, -0.25) is 4.79 Å². The van der Waals surface area contributed by atoms with Crippen LogP contribution in [0, 0.1) is 12.7 Å². The number of rotatable bonds is 4. The summed E-state index contributed by atoms with van der Waals surface area (Å²) in [6.07, 6.45) is -3.18. The molecule has 1 atom stereocenters. The second kappa shape index (κ2) is 6.37. The van der Waals surface area contributed by atoms with Gasteiger partial charge in [0, 0.05) is 18.3 Å². The number of halogens is 4. The summed E-state index contributed by atoms with van der Waals surface area (Å²) >= 11 is 0. The van der Waals surface area contributed by atoms with Crippen LogP contribution < -0.4 is 11.1 Å². The van der Waals surface area contributed by atoms with Gasteiger partial charge in [-0.25, -0.2) is 9.07 Å². The largest absolute Gasteiger partial charge is 0.409 e. The van der Waals surface area contributed by atoms with Crippen molar-refractivity contribution in [1.29, 1.82) is 0 Å². The molecule has 1 amide bonds. The maximum Gasteiger partial charge on any atom is 0.409 e. The standard InChI is InChI=1S/C14H14F4N4O/c1-8-7-22(10-4-2-9(15)3-5-10)21-12(8)13(23)20-11(6-19)14(16,17)18/h2-5,7,11H,6,19H2,1H3,(H,20,23). The Hall–Kier alpha value is -2.42. The Balaban J connectivity index is 2.24. The maximum atomic E-state index is 12.9. The average Bonchev–Trinajstić information content (AvgIpc) is 2.86. The summed E-state index contributed by atoms with van der Waals surface area (Å²) in [4.78, 5) is 12.0. The molecule has 0 radical (unpaired) electrons. The van der Waals surface area contributed by atoms with Gasteiger partial charge in [0.05, 0.1) is 5.69 Å². The van der Waals surface area contributed by atoms with Crippen LogP contribution in [0.25, 0.3) is 5.69 Å². The molecule has 0 saturated heterocycles. The van der Waals surface area contributed by atoms with Crippen molar-refractivity contribution < 1.29 is 22.4 Å². The summed E-state index contributed by atoms with van der Waals surface area (Å²) in [7, 11) is 0. The Morgan fingerprint density at radius 3 is 2.48 bits per heavy atom. The molecule has 0 aliphatic rings. The molecule has 0 bridgehead atoms. The topological polar surface area (TPSA) is 72.9 Å². The van der Waals surface area contributed by atoms with E-state index in [-0.39, 0.29) is 5.69 Å². The smallest absolute Gasteiger partial charge is 0.338 e. The molecule has 23 heavy (non-hydrogen) atoms. The van der Waals surface area contributed by atoms with Gasteiger partial charge in [0.15, 0.2) is 5.69 Å². The summed E-state index contributed by atoms with van der Waals surface area (Å²) in [5.41, 5.74) is 5.73. The zero-order chi connectivity index (χ0) is 17.2. The summed E-state index contributed by atoms with van der Waals surface area (Å²) < 4.78 is 52.1. The van der Waals surface area contributed by atoms with Gasteiger partial charge in [-0.2, -0.15) is 18.3 Å². The molecule has 124 valence electrons. The minimum atomic E-state index is -4.64. The Kier molecular flexibility index (Phi) is 4.69. The zero-order valence-electron chi connectivity index (χ0n) is 12.1. The maximum absolute atomic E-state index is 12.9. The SMILES string of the molecule is Cc1cn(-c2ccc(F)cc2)nc1C(=O)NC(CN)C(F)(F)F. The van der Waals surface area contributed by atoms with Gasteiger partial charge in [-0.05, 0) is 31.2 Å². The van der Waals surface area contributed by atoms with Crippen LogP contribution in [-0.2, 0) is 0 Å². The molecule has 1 heterocycles. The lowest BCUT2D eigenvalue weighted by Crippen LogP contribution is -2.50. The van der Waals surface area contributed by atoms with E-state index in [9.17, 15) is 22.4 Å². The number of aryl methyl sites for hydroxylation is 1. The Morgan fingerprint density at radius 1 is 1.35 bits per heavy atom. The highest BCUT2D eigenvalue weighted by molar-refractivity contribution is 5.93. The number of nitrogens with one attached hydrogen (secondary N) is 1. The molecule has 1 unspecified atom stereocenters. The van der Waals surface area contributed by atoms with Crippen molar-refractivity contribution in [1.82, 2.24) is 15.1 Å². The lowest BCUT2D eigenvalue weighted by Gasteiger charge is -2.19. The normalized spacial score (nSPS) is 13.0. The third-order valence-electron chi connectivity index (χ3n) is 3.14. The third-order valence-corrected chi connectivity index (χ3v) is 3.14. The van der Waals surface area contributed by atoms with Gasteiger partial charge < -0.3 is 11.1 Å². The van der Waals surface area contributed by atoms with Crippen molar-refractivity contribution in [2.75, 3.05) is 6.54 Å². The number of nitrogens with zero attached hydrogens (tertiary/aromatic N) is 2. The predicted octanol–water partition coefficient (Wildman–Crippen LogP) is 1.94. The second-order valence-corrected chi connectivity index (χ2v) is 4.89. The highest BCUT2D eigenvalue weighted by atomic mass is 19.4. The van der Waals surface area contributed by atoms with Crippen molar-refractivity contribution in [3.05, 3.63) is 47.5 Å². The van der Waals surface area contributed by atoms with Crippen molar-refractivity contribution in [2.24, 2.45) is 5.73 Å². The van der Waals surface area contributed by atoms with E-state index in [2.05, 4.69) is 5.10 Å². The number of nitrogens with two attached hydrogens (primary N) is 1. The van der Waals surface area contributed by atoms with E-state index in [0.29, 0.717) is 11.3 Å². The Labute approximate surface area is 129 Å². The van der Waals surface area contributed by atoms with Crippen LogP contribution in [-0.4, -0.2) is 34.5 Å². The van der Waals surface area contributed by atoms with Crippen LogP contribution in [0.2, 0.25) is 0 Å². The first-order valence-electron chi connectivity index (χ1n) is 6.62. The molecular formula is C14H14F4N4O.